The summed E-state index contributed by atoms with van der Waals surface area (Å²) in [4.78, 5) is 29.9. The molecule has 2 aromatic heterocycles. The Morgan fingerprint density at radius 1 is 1.10 bits per heavy atom. The number of hydrogen-bond donors (Lipinski definition) is 3. The first-order chi connectivity index (χ1) is 20.4. The van der Waals surface area contributed by atoms with Crippen LogP contribution in [0.15, 0.2) is 54.7 Å². The van der Waals surface area contributed by atoms with Crippen molar-refractivity contribution in [3.05, 3.63) is 71.5 Å². The van der Waals surface area contributed by atoms with Gasteiger partial charge in [-0.25, -0.2) is 4.79 Å². The van der Waals surface area contributed by atoms with Gasteiger partial charge in [-0.1, -0.05) is 30.3 Å². The van der Waals surface area contributed by atoms with Gasteiger partial charge in [0, 0.05) is 41.4 Å². The number of benzene rings is 2. The Kier molecular flexibility index (Phi) is 7.52. The maximum Gasteiger partial charge on any atom is 0.337 e. The first-order valence-electron chi connectivity index (χ1n) is 14.4. The Morgan fingerprint density at radius 2 is 1.86 bits per heavy atom. The number of ether oxygens (including phenoxy) is 2. The molecule has 6 rings (SSSR count). The lowest BCUT2D eigenvalue weighted by molar-refractivity contribution is -0.159. The minimum Gasteiger partial charge on any atom is -0.469 e. The number of aliphatic hydroxyl groups is 1. The summed E-state index contributed by atoms with van der Waals surface area (Å²) in [6, 6.07) is 15.2. The third-order valence-corrected chi connectivity index (χ3v) is 9.17. The van der Waals surface area contributed by atoms with E-state index in [2.05, 4.69) is 22.3 Å². The van der Waals surface area contributed by atoms with Gasteiger partial charge in [0.15, 0.2) is 6.19 Å². The molecule has 2 aliphatic rings. The summed E-state index contributed by atoms with van der Waals surface area (Å²) in [6.45, 7) is 1.25. The van der Waals surface area contributed by atoms with Crippen LogP contribution in [0.1, 0.15) is 46.9 Å². The van der Waals surface area contributed by atoms with Gasteiger partial charge in [-0.3, -0.25) is 14.6 Å². The summed E-state index contributed by atoms with van der Waals surface area (Å²) in [6.07, 6.45) is 6.37. The molecule has 42 heavy (non-hydrogen) atoms. The van der Waals surface area contributed by atoms with Crippen LogP contribution in [0.4, 0.5) is 0 Å². The Balaban J connectivity index is 1.25. The van der Waals surface area contributed by atoms with E-state index in [4.69, 9.17) is 9.47 Å². The summed E-state index contributed by atoms with van der Waals surface area (Å²) >= 11 is 0. The lowest BCUT2D eigenvalue weighted by atomic mass is 9.65. The molecule has 4 aromatic rings. The number of H-pyrrole nitrogens is 2. The predicted octanol–water partition coefficient (Wildman–Crippen LogP) is 4.40. The van der Waals surface area contributed by atoms with Crippen molar-refractivity contribution in [3.8, 4) is 17.5 Å². The van der Waals surface area contributed by atoms with Crippen molar-refractivity contribution in [2.45, 2.75) is 44.4 Å². The van der Waals surface area contributed by atoms with E-state index in [1.54, 1.807) is 12.1 Å². The standard InChI is InChI=1S/C32H35N5O5/c1-41-31(39)20-9-7-19(8-10-20)26-17-37(35-26)14-13-23-22-5-3-4-6-25(22)34-30(23)27-15-24-21(16-36(27)18-33)11-12-28(38)29(24)32(40)42-2/h3-10,17,21,24,27-29,34-35,38H,11-16H2,1-2H3/t21-,24-,27-,28-,29+/m0/s1. The number of likely N-dealkylation sites (tertiary alicyclic amines) is 1. The van der Waals surface area contributed by atoms with Gasteiger partial charge < -0.3 is 24.5 Å². The minimum absolute atomic E-state index is 0.0665. The smallest absolute Gasteiger partial charge is 0.337 e. The molecule has 1 aliphatic carbocycles. The number of carbonyl (C=O) groups is 2. The van der Waals surface area contributed by atoms with Gasteiger partial charge in [0.2, 0.25) is 0 Å². The number of carbonyl (C=O) groups excluding carboxylic acids is 2. The number of fused-ring (bicyclic) bond motifs is 2. The second kappa shape index (κ2) is 11.4. The summed E-state index contributed by atoms with van der Waals surface area (Å²) in [5.41, 5.74) is 5.58. The highest BCUT2D eigenvalue weighted by Crippen LogP contribution is 2.47. The summed E-state index contributed by atoms with van der Waals surface area (Å²) in [5.74, 6) is -1.23. The number of aromatic nitrogens is 3. The van der Waals surface area contributed by atoms with Crippen LogP contribution in [0, 0.1) is 29.2 Å². The van der Waals surface area contributed by atoms with Crippen molar-refractivity contribution in [1.82, 2.24) is 19.7 Å². The molecule has 0 spiro atoms. The Hall–Kier alpha value is -4.49. The second-order valence-corrected chi connectivity index (χ2v) is 11.4. The number of rotatable bonds is 7. The Bertz CT molecular complexity index is 1610. The first-order valence-corrected chi connectivity index (χ1v) is 14.4. The molecule has 3 heterocycles. The van der Waals surface area contributed by atoms with Gasteiger partial charge in [-0.05, 0) is 61.3 Å². The lowest BCUT2D eigenvalue weighted by Gasteiger charge is -2.47. The number of hydrogen-bond acceptors (Lipinski definition) is 7. The van der Waals surface area contributed by atoms with Gasteiger partial charge in [-0.15, -0.1) is 0 Å². The molecule has 10 heteroatoms. The van der Waals surface area contributed by atoms with Gasteiger partial charge in [-0.2, -0.15) is 5.26 Å². The summed E-state index contributed by atoms with van der Waals surface area (Å²) < 4.78 is 11.9. The van der Waals surface area contributed by atoms with Crippen LogP contribution < -0.4 is 0 Å². The van der Waals surface area contributed by atoms with Crippen molar-refractivity contribution < 1.29 is 24.2 Å². The molecule has 0 radical (unpaired) electrons. The lowest BCUT2D eigenvalue weighted by Crippen LogP contribution is -2.51. The Morgan fingerprint density at radius 3 is 2.57 bits per heavy atom. The number of aryl methyl sites for hydroxylation is 2. The number of esters is 2. The molecule has 2 aromatic carbocycles. The monoisotopic (exact) mass is 569 g/mol. The molecule has 1 aliphatic heterocycles. The average Bonchev–Trinajstić information content (AvgIpc) is 3.37. The third kappa shape index (κ3) is 4.94. The average molecular weight is 570 g/mol. The molecule has 1 saturated carbocycles. The molecule has 1 saturated heterocycles. The zero-order valence-electron chi connectivity index (χ0n) is 23.7. The maximum atomic E-state index is 12.7. The predicted molar refractivity (Wildman–Crippen MR) is 155 cm³/mol. The summed E-state index contributed by atoms with van der Waals surface area (Å²) in [7, 11) is 2.74. The SMILES string of the molecule is COC(=O)c1ccc(-c2cn(CCc3c([C@@H]4C[C@H]5[C@@H](CC[C@H](O)[C@@H]5C(=O)OC)CN4C#N)[nH]c4ccccc34)[nH]2)cc1. The Labute approximate surface area is 243 Å². The van der Waals surface area contributed by atoms with Crippen molar-refractivity contribution in [1.29, 1.82) is 5.26 Å². The zero-order valence-corrected chi connectivity index (χ0v) is 23.7. The van der Waals surface area contributed by atoms with Gasteiger partial charge in [0.05, 0.1) is 43.5 Å². The number of aromatic amines is 2. The molecule has 0 bridgehead atoms. The maximum absolute atomic E-state index is 12.7. The number of aliphatic hydroxyl groups excluding tert-OH is 1. The molecular formula is C32H35N5O5. The zero-order chi connectivity index (χ0) is 29.4. The third-order valence-electron chi connectivity index (χ3n) is 9.17. The fourth-order valence-corrected chi connectivity index (χ4v) is 7.02. The van der Waals surface area contributed by atoms with Crippen LogP contribution in [0.3, 0.4) is 0 Å². The molecule has 5 atom stereocenters. The van der Waals surface area contributed by atoms with Crippen molar-refractivity contribution in [2.75, 3.05) is 20.8 Å². The number of nitriles is 1. The van der Waals surface area contributed by atoms with Crippen LogP contribution in [-0.4, -0.2) is 63.6 Å². The minimum atomic E-state index is -0.731. The van der Waals surface area contributed by atoms with E-state index in [0.717, 1.165) is 46.3 Å². The fourth-order valence-electron chi connectivity index (χ4n) is 7.02. The van der Waals surface area contributed by atoms with E-state index >= 15 is 0 Å². The topological polar surface area (TPSA) is 136 Å². The molecule has 10 nitrogen and oxygen atoms in total. The van der Waals surface area contributed by atoms with Crippen molar-refractivity contribution in [2.24, 2.45) is 17.8 Å². The van der Waals surface area contributed by atoms with E-state index in [-0.39, 0.29) is 29.8 Å². The number of nitrogens with one attached hydrogen (secondary N) is 2. The van der Waals surface area contributed by atoms with Crippen molar-refractivity contribution in [3.63, 3.8) is 0 Å². The molecule has 0 amide bonds. The molecule has 3 N–H and O–H groups in total. The van der Waals surface area contributed by atoms with E-state index in [0.29, 0.717) is 31.5 Å². The van der Waals surface area contributed by atoms with E-state index in [1.807, 2.05) is 46.1 Å². The van der Waals surface area contributed by atoms with E-state index in [1.165, 1.54) is 14.2 Å². The van der Waals surface area contributed by atoms with E-state index in [9.17, 15) is 20.0 Å². The molecule has 0 unspecified atom stereocenters. The van der Waals surface area contributed by atoms with Crippen LogP contribution >= 0.6 is 0 Å². The van der Waals surface area contributed by atoms with Gasteiger partial charge in [0.1, 0.15) is 0 Å². The second-order valence-electron chi connectivity index (χ2n) is 11.4. The molecule has 218 valence electrons. The summed E-state index contributed by atoms with van der Waals surface area (Å²) in [5, 5.41) is 25.4. The quantitative estimate of drug-likeness (QED) is 0.222. The largest absolute Gasteiger partial charge is 0.469 e. The number of methoxy groups -OCH3 is 2. The van der Waals surface area contributed by atoms with Crippen LogP contribution in [0.25, 0.3) is 22.2 Å². The van der Waals surface area contributed by atoms with Crippen LogP contribution in [-0.2, 0) is 27.2 Å². The molecule has 2 fully saturated rings. The van der Waals surface area contributed by atoms with Crippen LogP contribution in [0.5, 0.6) is 0 Å². The highest BCUT2D eigenvalue weighted by atomic mass is 16.5. The van der Waals surface area contributed by atoms with Gasteiger partial charge >= 0.3 is 11.9 Å². The van der Waals surface area contributed by atoms with Crippen LogP contribution in [0.2, 0.25) is 0 Å². The number of piperidine rings is 1. The highest BCUT2D eigenvalue weighted by Gasteiger charge is 2.49. The number of nitrogens with zero attached hydrogens (tertiary/aromatic N) is 3. The van der Waals surface area contributed by atoms with Crippen molar-refractivity contribution >= 4 is 22.8 Å². The molecular weight excluding hydrogens is 534 g/mol. The normalized spacial score (nSPS) is 23.8. The first kappa shape index (κ1) is 27.7. The fraction of sp³-hybridized carbons (Fsp3) is 0.406. The van der Waals surface area contributed by atoms with E-state index < -0.39 is 12.0 Å². The highest BCUT2D eigenvalue weighted by molar-refractivity contribution is 5.90. The van der Waals surface area contributed by atoms with Gasteiger partial charge in [0.25, 0.3) is 0 Å². The number of para-hydroxylation sites is 1.